The third kappa shape index (κ3) is 3.84. The highest BCUT2D eigenvalue weighted by Gasteiger charge is 2.39. The van der Waals surface area contributed by atoms with Crippen molar-refractivity contribution < 1.29 is 4.39 Å². The summed E-state index contributed by atoms with van der Waals surface area (Å²) in [4.78, 5) is 2.13. The Kier molecular flexibility index (Phi) is 4.99. The predicted octanol–water partition coefficient (Wildman–Crippen LogP) is 3.52. The molecule has 2 unspecified atom stereocenters. The molecule has 0 saturated carbocycles. The van der Waals surface area contributed by atoms with E-state index in [1.807, 2.05) is 26.0 Å². The molecule has 21 heavy (non-hydrogen) atoms. The molecule has 0 radical (unpaired) electrons. The van der Waals surface area contributed by atoms with Crippen LogP contribution >= 0.6 is 0 Å². The molecular formula is C18H21FN2. The minimum Gasteiger partial charge on any atom is -0.296 e. The van der Waals surface area contributed by atoms with Crippen LogP contribution in [0.5, 0.6) is 0 Å². The molecule has 1 fully saturated rings. The van der Waals surface area contributed by atoms with E-state index < -0.39 is 11.6 Å². The Hall–Kier alpha value is -1.84. The van der Waals surface area contributed by atoms with Crippen molar-refractivity contribution in [3.05, 3.63) is 35.4 Å². The number of benzene rings is 1. The highest BCUT2D eigenvalue weighted by Crippen LogP contribution is 2.36. The highest BCUT2D eigenvalue weighted by molar-refractivity contribution is 5.35. The van der Waals surface area contributed by atoms with Crippen LogP contribution in [0.1, 0.15) is 37.8 Å². The molecule has 1 saturated heterocycles. The zero-order valence-electron chi connectivity index (χ0n) is 12.7. The summed E-state index contributed by atoms with van der Waals surface area (Å²) in [5.41, 5.74) is 1.70. The second-order valence-electron chi connectivity index (χ2n) is 6.01. The van der Waals surface area contributed by atoms with Gasteiger partial charge in [0.15, 0.2) is 0 Å². The molecule has 0 spiro atoms. The largest absolute Gasteiger partial charge is 0.296 e. The van der Waals surface area contributed by atoms with Gasteiger partial charge in [-0.2, -0.15) is 5.26 Å². The second-order valence-corrected chi connectivity index (χ2v) is 6.01. The minimum absolute atomic E-state index is 0.298. The number of piperidine rings is 1. The monoisotopic (exact) mass is 284 g/mol. The Bertz CT molecular complexity index is 576. The van der Waals surface area contributed by atoms with Crippen LogP contribution in [0.25, 0.3) is 0 Å². The predicted molar refractivity (Wildman–Crippen MR) is 82.1 cm³/mol. The topological polar surface area (TPSA) is 27.0 Å². The molecule has 0 bridgehead atoms. The van der Waals surface area contributed by atoms with Crippen LogP contribution in [0.2, 0.25) is 0 Å². The fraction of sp³-hybridized carbons (Fsp3) is 0.500. The first-order valence-corrected chi connectivity index (χ1v) is 7.32. The van der Waals surface area contributed by atoms with Gasteiger partial charge in [0, 0.05) is 30.5 Å². The maximum atomic E-state index is 14.3. The van der Waals surface area contributed by atoms with Gasteiger partial charge >= 0.3 is 0 Å². The zero-order valence-corrected chi connectivity index (χ0v) is 12.7. The van der Waals surface area contributed by atoms with Crippen LogP contribution in [0.3, 0.4) is 0 Å². The van der Waals surface area contributed by atoms with Gasteiger partial charge in [0.25, 0.3) is 0 Å². The lowest BCUT2D eigenvalue weighted by Crippen LogP contribution is -2.47. The average Bonchev–Trinajstić information content (AvgIpc) is 2.46. The van der Waals surface area contributed by atoms with Crippen molar-refractivity contribution in [1.29, 1.82) is 5.26 Å². The smallest absolute Gasteiger partial charge is 0.119 e. The van der Waals surface area contributed by atoms with Gasteiger partial charge in [-0.3, -0.25) is 4.90 Å². The Balaban J connectivity index is 1.96. The number of rotatable bonds is 3. The Labute approximate surface area is 126 Å². The van der Waals surface area contributed by atoms with Crippen LogP contribution in [0.4, 0.5) is 4.39 Å². The van der Waals surface area contributed by atoms with Gasteiger partial charge in [-0.25, -0.2) is 4.39 Å². The van der Waals surface area contributed by atoms with Crippen LogP contribution in [-0.4, -0.2) is 24.2 Å². The highest BCUT2D eigenvalue weighted by atomic mass is 19.1. The third-order valence-corrected chi connectivity index (χ3v) is 4.29. The van der Waals surface area contributed by atoms with Crippen molar-refractivity contribution in [1.82, 2.24) is 4.90 Å². The van der Waals surface area contributed by atoms with Gasteiger partial charge < -0.3 is 0 Å². The first kappa shape index (κ1) is 15.5. The molecule has 0 aromatic heterocycles. The molecule has 1 aliphatic heterocycles. The van der Waals surface area contributed by atoms with E-state index in [-0.39, 0.29) is 0 Å². The molecular weight excluding hydrogens is 263 g/mol. The molecule has 1 aliphatic rings. The number of hydrogen-bond acceptors (Lipinski definition) is 2. The minimum atomic E-state index is -0.934. The summed E-state index contributed by atoms with van der Waals surface area (Å²) in [5.74, 6) is 5.89. The number of likely N-dealkylation sites (tertiary alicyclic amines) is 1. The molecule has 110 valence electrons. The summed E-state index contributed by atoms with van der Waals surface area (Å²) in [6.45, 7) is 5.71. The molecule has 1 aromatic carbocycles. The summed E-state index contributed by atoms with van der Waals surface area (Å²) in [6, 6.07) is 10.2. The summed E-state index contributed by atoms with van der Waals surface area (Å²) in [7, 11) is 0. The fourth-order valence-corrected chi connectivity index (χ4v) is 2.73. The van der Waals surface area contributed by atoms with Crippen LogP contribution in [0.15, 0.2) is 24.3 Å². The van der Waals surface area contributed by atoms with E-state index in [4.69, 9.17) is 5.26 Å². The summed E-state index contributed by atoms with van der Waals surface area (Å²) in [5, 5.41) is 8.83. The first-order valence-electron chi connectivity index (χ1n) is 7.32. The maximum absolute atomic E-state index is 14.3. The van der Waals surface area contributed by atoms with Gasteiger partial charge in [-0.05, 0) is 37.6 Å². The maximum Gasteiger partial charge on any atom is 0.119 e. The Morgan fingerprint density at radius 1 is 1.38 bits per heavy atom. The molecule has 1 heterocycles. The number of nitriles is 1. The zero-order chi connectivity index (χ0) is 15.3. The van der Waals surface area contributed by atoms with Crippen molar-refractivity contribution in [3.63, 3.8) is 0 Å². The van der Waals surface area contributed by atoms with E-state index in [0.717, 1.165) is 25.1 Å². The molecule has 1 aromatic rings. The third-order valence-electron chi connectivity index (χ3n) is 4.29. The quantitative estimate of drug-likeness (QED) is 0.794. The van der Waals surface area contributed by atoms with Gasteiger partial charge in [0.2, 0.25) is 0 Å². The van der Waals surface area contributed by atoms with Crippen molar-refractivity contribution in [2.75, 3.05) is 13.1 Å². The van der Waals surface area contributed by atoms with Crippen LogP contribution in [-0.2, 0) is 6.54 Å². The average molecular weight is 284 g/mol. The first-order chi connectivity index (χ1) is 10.1. The summed E-state index contributed by atoms with van der Waals surface area (Å²) >= 11 is 0. The lowest BCUT2D eigenvalue weighted by molar-refractivity contribution is 0.0186. The van der Waals surface area contributed by atoms with Gasteiger partial charge in [0.1, 0.15) is 6.17 Å². The molecule has 0 amide bonds. The molecule has 2 nitrogen and oxygen atoms in total. The number of hydrogen-bond donors (Lipinski definition) is 0. The summed E-state index contributed by atoms with van der Waals surface area (Å²) < 4.78 is 14.3. The van der Waals surface area contributed by atoms with E-state index in [1.54, 1.807) is 0 Å². The van der Waals surface area contributed by atoms with Crippen LogP contribution < -0.4 is 0 Å². The van der Waals surface area contributed by atoms with Gasteiger partial charge in [-0.15, -0.1) is 5.92 Å². The lowest BCUT2D eigenvalue weighted by Gasteiger charge is -2.41. The number of alkyl halides is 1. The second kappa shape index (κ2) is 6.74. The SMILES string of the molecule is CC#Cc1ccc(CN2CCC(C)(CC#N)C(F)C2)cc1. The fourth-order valence-electron chi connectivity index (χ4n) is 2.73. The van der Waals surface area contributed by atoms with Crippen molar-refractivity contribution in [2.24, 2.45) is 5.41 Å². The van der Waals surface area contributed by atoms with E-state index in [2.05, 4.69) is 34.9 Å². The standard InChI is InChI=1S/C18H21FN2/c1-3-4-15-5-7-16(8-6-15)13-21-12-10-18(2,9-11-20)17(19)14-21/h5-8,17H,9-10,12-14H2,1-2H3. The van der Waals surface area contributed by atoms with Gasteiger partial charge in [0.05, 0.1) is 6.07 Å². The molecule has 0 N–H and O–H groups in total. The van der Waals surface area contributed by atoms with E-state index in [1.165, 1.54) is 5.56 Å². The van der Waals surface area contributed by atoms with Crippen LogP contribution in [0, 0.1) is 28.6 Å². The molecule has 2 rings (SSSR count). The molecule has 0 aliphatic carbocycles. The number of halogens is 1. The van der Waals surface area contributed by atoms with E-state index in [0.29, 0.717) is 13.0 Å². The molecule has 3 heteroatoms. The number of nitrogens with zero attached hydrogens (tertiary/aromatic N) is 2. The summed E-state index contributed by atoms with van der Waals surface area (Å²) in [6.07, 6.45) is 0.101. The normalized spacial score (nSPS) is 25.7. The van der Waals surface area contributed by atoms with E-state index >= 15 is 0 Å². The Morgan fingerprint density at radius 3 is 2.67 bits per heavy atom. The Morgan fingerprint density at radius 2 is 2.10 bits per heavy atom. The molecule has 2 atom stereocenters. The van der Waals surface area contributed by atoms with Crippen molar-refractivity contribution in [3.8, 4) is 17.9 Å². The van der Waals surface area contributed by atoms with Crippen molar-refractivity contribution >= 4 is 0 Å². The van der Waals surface area contributed by atoms with E-state index in [9.17, 15) is 4.39 Å². The lowest BCUT2D eigenvalue weighted by atomic mass is 9.76. The van der Waals surface area contributed by atoms with Crippen molar-refractivity contribution in [2.45, 2.75) is 39.4 Å². The van der Waals surface area contributed by atoms with Gasteiger partial charge in [-0.1, -0.05) is 25.0 Å².